The number of carbonyl (C=O) groups is 3. The second-order valence-corrected chi connectivity index (χ2v) is 7.53. The van der Waals surface area contributed by atoms with E-state index < -0.39 is 24.5 Å². The molecule has 36 heavy (non-hydrogen) atoms. The summed E-state index contributed by atoms with van der Waals surface area (Å²) < 4.78 is 17.4. The average molecular weight is 493 g/mol. The Morgan fingerprint density at radius 1 is 1.03 bits per heavy atom. The van der Waals surface area contributed by atoms with Crippen molar-refractivity contribution in [2.75, 3.05) is 27.4 Å². The van der Waals surface area contributed by atoms with Crippen molar-refractivity contribution in [1.82, 2.24) is 20.4 Å². The summed E-state index contributed by atoms with van der Waals surface area (Å²) in [5.41, 5.74) is 2.80. The first-order chi connectivity index (χ1) is 17.4. The molecule has 0 aliphatic carbocycles. The topological polar surface area (TPSA) is 121 Å². The van der Waals surface area contributed by atoms with Crippen LogP contribution in [0.1, 0.15) is 18.9 Å². The molecule has 0 saturated carbocycles. The van der Waals surface area contributed by atoms with Gasteiger partial charge in [-0.15, -0.1) is 0 Å². The number of rotatable bonds is 10. The third-order valence-electron chi connectivity index (χ3n) is 4.95. The molecule has 0 fully saturated rings. The molecule has 1 aromatic heterocycles. The molecule has 0 saturated heterocycles. The minimum Gasteiger partial charge on any atom is -0.493 e. The fraction of sp³-hybridized carbons (Fsp3) is 0.231. The minimum atomic E-state index is -0.746. The Bertz CT molecular complexity index is 1240. The third-order valence-corrected chi connectivity index (χ3v) is 4.95. The first-order valence-electron chi connectivity index (χ1n) is 11.2. The van der Waals surface area contributed by atoms with Gasteiger partial charge >= 0.3 is 12.0 Å². The van der Waals surface area contributed by atoms with E-state index in [1.54, 1.807) is 43.3 Å². The standard InChI is InChI=1S/C26H28N4O6/c1-4-14-27-26(33)28-23(31)17-36-24(32)13-11-19-16-30(20-8-6-5-7-9-20)29-25(19)18-10-12-21(34-2)22(15-18)35-3/h5-13,15-16H,4,14,17H2,1-3H3,(H2,27,28,31,33)/b13-11+. The molecule has 0 aliphatic heterocycles. The highest BCUT2D eigenvalue weighted by Gasteiger charge is 2.15. The molecule has 2 aromatic carbocycles. The number of carbonyl (C=O) groups excluding carboxylic acids is 3. The molecule has 3 amide bonds. The van der Waals surface area contributed by atoms with Gasteiger partial charge in [-0.2, -0.15) is 5.10 Å². The molecule has 0 bridgehead atoms. The quantitative estimate of drug-likeness (QED) is 0.329. The van der Waals surface area contributed by atoms with Crippen LogP contribution < -0.4 is 20.1 Å². The normalized spacial score (nSPS) is 10.6. The van der Waals surface area contributed by atoms with Crippen molar-refractivity contribution in [1.29, 1.82) is 0 Å². The number of para-hydroxylation sites is 1. The summed E-state index contributed by atoms with van der Waals surface area (Å²) in [6, 6.07) is 14.3. The van der Waals surface area contributed by atoms with E-state index in [4.69, 9.17) is 19.3 Å². The van der Waals surface area contributed by atoms with E-state index in [1.165, 1.54) is 6.08 Å². The summed E-state index contributed by atoms with van der Waals surface area (Å²) in [5, 5.41) is 9.29. The van der Waals surface area contributed by atoms with Crippen molar-refractivity contribution in [3.8, 4) is 28.4 Å². The van der Waals surface area contributed by atoms with Crippen molar-refractivity contribution >= 4 is 24.0 Å². The van der Waals surface area contributed by atoms with Gasteiger partial charge in [0.1, 0.15) is 5.69 Å². The van der Waals surface area contributed by atoms with Crippen LogP contribution in [0.3, 0.4) is 0 Å². The summed E-state index contributed by atoms with van der Waals surface area (Å²) >= 11 is 0. The van der Waals surface area contributed by atoms with Gasteiger partial charge in [-0.3, -0.25) is 10.1 Å². The summed E-state index contributed by atoms with van der Waals surface area (Å²) in [7, 11) is 3.10. The van der Waals surface area contributed by atoms with E-state index in [1.807, 2.05) is 43.3 Å². The maximum Gasteiger partial charge on any atom is 0.331 e. The first-order valence-corrected chi connectivity index (χ1v) is 11.2. The molecule has 10 nitrogen and oxygen atoms in total. The van der Waals surface area contributed by atoms with E-state index in [0.717, 1.165) is 17.7 Å². The summed E-state index contributed by atoms with van der Waals surface area (Å²) in [5.74, 6) is -0.364. The molecule has 0 radical (unpaired) electrons. The highest BCUT2D eigenvalue weighted by atomic mass is 16.5. The van der Waals surface area contributed by atoms with Crippen LogP contribution in [0.15, 0.2) is 60.8 Å². The molecular weight excluding hydrogens is 464 g/mol. The van der Waals surface area contributed by atoms with Gasteiger partial charge < -0.3 is 19.5 Å². The first kappa shape index (κ1) is 26.0. The summed E-state index contributed by atoms with van der Waals surface area (Å²) in [6.07, 6.45) is 5.25. The Balaban J connectivity index is 1.79. The summed E-state index contributed by atoms with van der Waals surface area (Å²) in [6.45, 7) is 1.73. The molecule has 0 atom stereocenters. The van der Waals surface area contributed by atoms with Gasteiger partial charge in [-0.05, 0) is 42.8 Å². The molecule has 2 N–H and O–H groups in total. The van der Waals surface area contributed by atoms with Gasteiger partial charge in [0.15, 0.2) is 18.1 Å². The largest absolute Gasteiger partial charge is 0.493 e. The Morgan fingerprint density at radius 3 is 2.47 bits per heavy atom. The SMILES string of the molecule is CCCNC(=O)NC(=O)COC(=O)/C=C/c1cn(-c2ccccc2)nc1-c1ccc(OC)c(OC)c1. The van der Waals surface area contributed by atoms with E-state index in [0.29, 0.717) is 29.3 Å². The number of imide groups is 1. The lowest BCUT2D eigenvalue weighted by Crippen LogP contribution is -2.41. The fourth-order valence-corrected chi connectivity index (χ4v) is 3.22. The van der Waals surface area contributed by atoms with E-state index in [-0.39, 0.29) is 0 Å². The predicted molar refractivity (Wildman–Crippen MR) is 134 cm³/mol. The second-order valence-electron chi connectivity index (χ2n) is 7.53. The van der Waals surface area contributed by atoms with Gasteiger partial charge in [0.25, 0.3) is 5.91 Å². The number of nitrogens with zero attached hydrogens (tertiary/aromatic N) is 2. The number of hydrogen-bond donors (Lipinski definition) is 2. The van der Waals surface area contributed by atoms with Crippen LogP contribution >= 0.6 is 0 Å². The van der Waals surface area contributed by atoms with Crippen LogP contribution in [0.2, 0.25) is 0 Å². The Morgan fingerprint density at radius 2 is 1.78 bits per heavy atom. The third kappa shape index (κ3) is 6.95. The van der Waals surface area contributed by atoms with Crippen LogP contribution in [0.5, 0.6) is 11.5 Å². The molecule has 0 spiro atoms. The maximum atomic E-state index is 12.2. The Hall–Kier alpha value is -4.60. The van der Waals surface area contributed by atoms with Gasteiger partial charge in [0.05, 0.1) is 19.9 Å². The van der Waals surface area contributed by atoms with E-state index in [2.05, 4.69) is 10.6 Å². The molecule has 0 unspecified atom stereocenters. The maximum absolute atomic E-state index is 12.2. The number of urea groups is 1. The minimum absolute atomic E-state index is 0.431. The number of benzene rings is 2. The van der Waals surface area contributed by atoms with Crippen molar-refractivity contribution in [3.05, 3.63) is 66.4 Å². The van der Waals surface area contributed by atoms with Crippen molar-refractivity contribution in [3.63, 3.8) is 0 Å². The van der Waals surface area contributed by atoms with Crippen LogP contribution in [-0.4, -0.2) is 55.1 Å². The zero-order valence-electron chi connectivity index (χ0n) is 20.3. The van der Waals surface area contributed by atoms with Crippen molar-refractivity contribution in [2.45, 2.75) is 13.3 Å². The predicted octanol–water partition coefficient (Wildman–Crippen LogP) is 3.35. The number of methoxy groups -OCH3 is 2. The van der Waals surface area contributed by atoms with Crippen LogP contribution in [0.25, 0.3) is 23.0 Å². The molecule has 3 aromatic rings. The number of nitrogens with one attached hydrogen (secondary N) is 2. The molecular formula is C26H28N4O6. The van der Waals surface area contributed by atoms with Gasteiger partial charge in [-0.1, -0.05) is 25.1 Å². The van der Waals surface area contributed by atoms with Gasteiger partial charge in [0.2, 0.25) is 0 Å². The number of amides is 3. The lowest BCUT2D eigenvalue weighted by Gasteiger charge is -2.09. The zero-order valence-corrected chi connectivity index (χ0v) is 20.3. The highest BCUT2D eigenvalue weighted by Crippen LogP contribution is 2.33. The molecule has 3 rings (SSSR count). The second kappa shape index (κ2) is 12.7. The Labute approximate surface area is 208 Å². The van der Waals surface area contributed by atoms with E-state index in [9.17, 15) is 14.4 Å². The van der Waals surface area contributed by atoms with E-state index >= 15 is 0 Å². The lowest BCUT2D eigenvalue weighted by atomic mass is 10.1. The molecule has 0 aliphatic rings. The van der Waals surface area contributed by atoms with Crippen molar-refractivity contribution < 1.29 is 28.6 Å². The zero-order chi connectivity index (χ0) is 25.9. The number of ether oxygens (including phenoxy) is 3. The molecule has 1 heterocycles. The van der Waals surface area contributed by atoms with Gasteiger partial charge in [-0.25, -0.2) is 14.3 Å². The van der Waals surface area contributed by atoms with Gasteiger partial charge in [0, 0.05) is 29.9 Å². The lowest BCUT2D eigenvalue weighted by molar-refractivity contribution is -0.143. The van der Waals surface area contributed by atoms with Crippen molar-refractivity contribution in [2.24, 2.45) is 0 Å². The monoisotopic (exact) mass is 492 g/mol. The number of esters is 1. The average Bonchev–Trinajstić information content (AvgIpc) is 3.34. The van der Waals surface area contributed by atoms with Crippen LogP contribution in [0.4, 0.5) is 4.79 Å². The Kier molecular flexibility index (Phi) is 9.21. The number of aromatic nitrogens is 2. The smallest absolute Gasteiger partial charge is 0.331 e. The molecule has 10 heteroatoms. The fourth-order valence-electron chi connectivity index (χ4n) is 3.22. The van der Waals surface area contributed by atoms with Crippen LogP contribution in [0, 0.1) is 0 Å². The summed E-state index contributed by atoms with van der Waals surface area (Å²) in [4.78, 5) is 35.6. The highest BCUT2D eigenvalue weighted by molar-refractivity contribution is 5.96. The number of hydrogen-bond acceptors (Lipinski definition) is 7. The van der Waals surface area contributed by atoms with Crippen LogP contribution in [-0.2, 0) is 14.3 Å². The molecule has 188 valence electrons.